The van der Waals surface area contributed by atoms with Crippen LogP contribution in [0.25, 0.3) is 0 Å². The van der Waals surface area contributed by atoms with Gasteiger partial charge in [-0.25, -0.2) is 25.9 Å². The Labute approximate surface area is 173 Å². The molecule has 12 heteroatoms. The maximum atomic E-state index is 13.1. The first-order valence-electron chi connectivity index (χ1n) is 8.55. The van der Waals surface area contributed by atoms with E-state index in [1.165, 1.54) is 43.5 Å². The van der Waals surface area contributed by atoms with Crippen LogP contribution >= 0.6 is 0 Å². The van der Waals surface area contributed by atoms with Crippen molar-refractivity contribution in [1.29, 1.82) is 0 Å². The van der Waals surface area contributed by atoms with E-state index in [1.54, 1.807) is 0 Å². The molecule has 1 heterocycles. The van der Waals surface area contributed by atoms with Crippen LogP contribution in [0.1, 0.15) is 16.8 Å². The molecule has 1 fully saturated rings. The highest BCUT2D eigenvalue weighted by Gasteiger charge is 2.37. The van der Waals surface area contributed by atoms with E-state index >= 15 is 0 Å². The number of hydrogen-bond acceptors (Lipinski definition) is 8. The number of para-hydroxylation sites is 1. The van der Waals surface area contributed by atoms with Crippen LogP contribution in [0.4, 0.5) is 11.4 Å². The number of rotatable bonds is 6. The smallest absolute Gasteiger partial charge is 0.339 e. The lowest BCUT2D eigenvalue weighted by Crippen LogP contribution is -2.29. The minimum atomic E-state index is -4.34. The summed E-state index contributed by atoms with van der Waals surface area (Å²) in [5.74, 6) is -1.84. The molecular weight excluding hydrogens is 436 g/mol. The summed E-state index contributed by atoms with van der Waals surface area (Å²) < 4.78 is 63.1. The minimum Gasteiger partial charge on any atom is -0.495 e. The van der Waals surface area contributed by atoms with E-state index < -0.39 is 36.8 Å². The second-order valence-electron chi connectivity index (χ2n) is 6.20. The molecular formula is C18H18N2O8S2. The van der Waals surface area contributed by atoms with Crippen molar-refractivity contribution in [1.82, 2.24) is 0 Å². The summed E-state index contributed by atoms with van der Waals surface area (Å²) in [7, 11) is -5.82. The molecule has 0 aliphatic carbocycles. The number of carbonyl (C=O) groups is 2. The van der Waals surface area contributed by atoms with Crippen LogP contribution in [-0.2, 0) is 29.6 Å². The Morgan fingerprint density at radius 2 is 1.83 bits per heavy atom. The number of ether oxygens (including phenoxy) is 2. The summed E-state index contributed by atoms with van der Waals surface area (Å²) in [4.78, 5) is 23.6. The molecule has 2 aromatic rings. The molecule has 2 aromatic carbocycles. The third-order valence-corrected chi connectivity index (χ3v) is 7.40. The van der Waals surface area contributed by atoms with Crippen LogP contribution in [0.2, 0.25) is 0 Å². The third-order valence-electron chi connectivity index (χ3n) is 4.33. The number of methoxy groups -OCH3 is 2. The quantitative estimate of drug-likeness (QED) is 0.646. The first-order valence-corrected chi connectivity index (χ1v) is 11.6. The van der Waals surface area contributed by atoms with Gasteiger partial charge >= 0.3 is 5.97 Å². The van der Waals surface area contributed by atoms with Gasteiger partial charge in [0.2, 0.25) is 15.9 Å². The number of benzene rings is 2. The fraction of sp³-hybridized carbons (Fsp3) is 0.222. The minimum absolute atomic E-state index is 0.0176. The van der Waals surface area contributed by atoms with Crippen LogP contribution in [0.3, 0.4) is 0 Å². The number of sulfonamides is 2. The maximum absolute atomic E-state index is 13.1. The zero-order valence-electron chi connectivity index (χ0n) is 16.0. The summed E-state index contributed by atoms with van der Waals surface area (Å²) in [6.45, 7) is 0. The molecule has 3 rings (SSSR count). The Morgan fingerprint density at radius 1 is 1.13 bits per heavy atom. The number of hydrogen-bond donors (Lipinski definition) is 1. The molecule has 0 atom stereocenters. The van der Waals surface area contributed by atoms with Crippen molar-refractivity contribution >= 4 is 43.3 Å². The topological polar surface area (TPSA) is 136 Å². The average molecular weight is 454 g/mol. The van der Waals surface area contributed by atoms with Crippen molar-refractivity contribution in [2.45, 2.75) is 11.3 Å². The van der Waals surface area contributed by atoms with Crippen LogP contribution in [-0.4, -0.2) is 48.7 Å². The lowest BCUT2D eigenvalue weighted by Gasteiger charge is -2.18. The number of anilines is 2. The van der Waals surface area contributed by atoms with E-state index in [-0.39, 0.29) is 34.9 Å². The van der Waals surface area contributed by atoms with Crippen molar-refractivity contribution in [3.63, 3.8) is 0 Å². The van der Waals surface area contributed by atoms with Crippen molar-refractivity contribution < 1.29 is 35.9 Å². The molecule has 0 unspecified atom stereocenters. The Kier molecular flexibility index (Phi) is 5.72. The largest absolute Gasteiger partial charge is 0.495 e. The highest BCUT2D eigenvalue weighted by atomic mass is 32.2. The number of carbonyl (C=O) groups excluding carboxylic acids is 2. The molecule has 1 N–H and O–H groups in total. The van der Waals surface area contributed by atoms with Crippen molar-refractivity contribution in [3.05, 3.63) is 48.0 Å². The summed E-state index contributed by atoms with van der Waals surface area (Å²) in [5, 5.41) is 0. The zero-order valence-corrected chi connectivity index (χ0v) is 17.6. The molecule has 0 saturated carbocycles. The molecule has 0 aromatic heterocycles. The first-order chi connectivity index (χ1) is 14.1. The Bertz CT molecular complexity index is 1220. The highest BCUT2D eigenvalue weighted by Crippen LogP contribution is 2.33. The van der Waals surface area contributed by atoms with Crippen LogP contribution < -0.4 is 13.8 Å². The second kappa shape index (κ2) is 7.95. The molecule has 1 aliphatic heterocycles. The van der Waals surface area contributed by atoms with Gasteiger partial charge < -0.3 is 9.47 Å². The zero-order chi connectivity index (χ0) is 22.1. The molecule has 30 heavy (non-hydrogen) atoms. The number of amides is 1. The Hall–Kier alpha value is -3.12. The predicted octanol–water partition coefficient (Wildman–Crippen LogP) is 1.35. The fourth-order valence-corrected chi connectivity index (χ4v) is 5.65. The van der Waals surface area contributed by atoms with Gasteiger partial charge in [0.15, 0.2) is 0 Å². The van der Waals surface area contributed by atoms with E-state index in [0.717, 1.165) is 13.2 Å². The Morgan fingerprint density at radius 3 is 2.43 bits per heavy atom. The number of nitrogens with zero attached hydrogens (tertiary/aromatic N) is 1. The number of esters is 1. The van der Waals surface area contributed by atoms with Gasteiger partial charge in [-0.2, -0.15) is 0 Å². The molecule has 1 amide bonds. The fourth-order valence-electron chi connectivity index (χ4n) is 2.93. The predicted molar refractivity (Wildman–Crippen MR) is 107 cm³/mol. The molecule has 1 aliphatic rings. The number of nitrogens with one attached hydrogen (secondary N) is 1. The van der Waals surface area contributed by atoms with Crippen molar-refractivity contribution in [2.75, 3.05) is 29.0 Å². The van der Waals surface area contributed by atoms with Crippen LogP contribution in [0.15, 0.2) is 47.4 Å². The lowest BCUT2D eigenvalue weighted by atomic mass is 10.2. The van der Waals surface area contributed by atoms with Gasteiger partial charge in [-0.3, -0.25) is 9.52 Å². The third kappa shape index (κ3) is 3.96. The standard InChI is InChI=1S/C18H18N2O8S2/c1-27-15-8-7-12(20-17(21)9-10-29(20,23)24)11-16(15)30(25,26)19-14-6-4-3-5-13(14)18(22)28-2/h3-8,11,19H,9-10H2,1-2H3. The first kappa shape index (κ1) is 21.6. The van der Waals surface area contributed by atoms with Crippen molar-refractivity contribution in [3.8, 4) is 5.75 Å². The second-order valence-corrected chi connectivity index (χ2v) is 9.79. The Balaban J connectivity index is 2.09. The van der Waals surface area contributed by atoms with Gasteiger partial charge in [0.1, 0.15) is 10.6 Å². The van der Waals surface area contributed by atoms with Gasteiger partial charge in [0, 0.05) is 6.42 Å². The van der Waals surface area contributed by atoms with Gasteiger partial charge in [-0.15, -0.1) is 0 Å². The monoisotopic (exact) mass is 454 g/mol. The van der Waals surface area contributed by atoms with E-state index in [2.05, 4.69) is 9.46 Å². The normalized spacial score (nSPS) is 15.7. The molecule has 1 saturated heterocycles. The molecule has 0 spiro atoms. The van der Waals surface area contributed by atoms with Crippen molar-refractivity contribution in [2.24, 2.45) is 0 Å². The summed E-state index contributed by atoms with van der Waals surface area (Å²) in [6, 6.07) is 9.37. The molecule has 0 radical (unpaired) electrons. The summed E-state index contributed by atoms with van der Waals surface area (Å²) >= 11 is 0. The van der Waals surface area contributed by atoms with E-state index in [9.17, 15) is 26.4 Å². The summed E-state index contributed by atoms with van der Waals surface area (Å²) in [6.07, 6.45) is -0.193. The van der Waals surface area contributed by atoms with Gasteiger partial charge in [-0.05, 0) is 30.3 Å². The lowest BCUT2D eigenvalue weighted by molar-refractivity contribution is -0.116. The van der Waals surface area contributed by atoms with Gasteiger partial charge in [-0.1, -0.05) is 12.1 Å². The SMILES string of the molecule is COC(=O)c1ccccc1NS(=O)(=O)c1cc(N2C(=O)CCS2(=O)=O)ccc1OC. The highest BCUT2D eigenvalue weighted by molar-refractivity contribution is 7.94. The average Bonchev–Trinajstić information content (AvgIpc) is 2.99. The van der Waals surface area contributed by atoms with E-state index in [0.29, 0.717) is 4.31 Å². The van der Waals surface area contributed by atoms with E-state index in [4.69, 9.17) is 4.74 Å². The molecule has 10 nitrogen and oxygen atoms in total. The molecule has 0 bridgehead atoms. The summed E-state index contributed by atoms with van der Waals surface area (Å²) in [5.41, 5.74) is -0.183. The molecule has 160 valence electrons. The van der Waals surface area contributed by atoms with Crippen LogP contribution in [0, 0.1) is 0 Å². The van der Waals surface area contributed by atoms with Gasteiger partial charge in [0.05, 0.1) is 36.9 Å². The van der Waals surface area contributed by atoms with Gasteiger partial charge in [0.25, 0.3) is 10.0 Å². The van der Waals surface area contributed by atoms with E-state index in [1.807, 2.05) is 0 Å². The van der Waals surface area contributed by atoms with Crippen LogP contribution in [0.5, 0.6) is 5.75 Å². The maximum Gasteiger partial charge on any atom is 0.339 e.